The second kappa shape index (κ2) is 7.86. The molecule has 0 atom stereocenters. The van der Waals surface area contributed by atoms with Gasteiger partial charge in [0.05, 0.1) is 0 Å². The molecule has 0 unspecified atom stereocenters. The summed E-state index contributed by atoms with van der Waals surface area (Å²) in [7, 11) is 0. The van der Waals surface area contributed by atoms with Crippen LogP contribution in [0.25, 0.3) is 0 Å². The minimum atomic E-state index is 0.785. The summed E-state index contributed by atoms with van der Waals surface area (Å²) in [5.74, 6) is 0. The van der Waals surface area contributed by atoms with Crippen molar-refractivity contribution < 1.29 is 0 Å². The molecule has 0 nitrogen and oxygen atoms in total. The van der Waals surface area contributed by atoms with Gasteiger partial charge in [-0.3, -0.25) is 0 Å². The lowest BCUT2D eigenvalue weighted by Crippen LogP contribution is -2.06. The van der Waals surface area contributed by atoms with Gasteiger partial charge >= 0.3 is 0 Å². The number of halogens is 2. The SMILES string of the molecule is Cc1c(C)c(Cc2ccc(Cl)cc2)c(C)c(C)c1Cc1ccc(Cl)cc1. The summed E-state index contributed by atoms with van der Waals surface area (Å²) >= 11 is 12.1. The summed E-state index contributed by atoms with van der Waals surface area (Å²) in [4.78, 5) is 0. The van der Waals surface area contributed by atoms with Crippen molar-refractivity contribution in [3.8, 4) is 0 Å². The van der Waals surface area contributed by atoms with Gasteiger partial charge in [-0.05, 0) is 109 Å². The average Bonchev–Trinajstić information content (AvgIpc) is 2.64. The van der Waals surface area contributed by atoms with Gasteiger partial charge in [0.1, 0.15) is 0 Å². The monoisotopic (exact) mass is 382 g/mol. The van der Waals surface area contributed by atoms with E-state index in [1.807, 2.05) is 24.3 Å². The standard InChI is InChI=1S/C24H24Cl2/c1-15-16(2)24(14-20-7-11-22(26)12-8-20)18(4)17(3)23(15)13-19-5-9-21(25)10-6-19/h5-12H,13-14H2,1-4H3. The summed E-state index contributed by atoms with van der Waals surface area (Å²) in [5, 5.41) is 1.57. The first-order chi connectivity index (χ1) is 12.4. The smallest absolute Gasteiger partial charge is 0.0406 e. The molecule has 0 saturated heterocycles. The predicted molar refractivity (Wildman–Crippen MR) is 114 cm³/mol. The Hall–Kier alpha value is -1.76. The average molecular weight is 383 g/mol. The first kappa shape index (κ1) is 19.0. The summed E-state index contributed by atoms with van der Waals surface area (Å²) in [5.41, 5.74) is 11.0. The minimum Gasteiger partial charge on any atom is -0.0843 e. The molecule has 0 saturated carbocycles. The number of hydrogen-bond donors (Lipinski definition) is 0. The highest BCUT2D eigenvalue weighted by Gasteiger charge is 2.15. The van der Waals surface area contributed by atoms with Crippen LogP contribution in [0.3, 0.4) is 0 Å². The van der Waals surface area contributed by atoms with Crippen LogP contribution < -0.4 is 0 Å². The van der Waals surface area contributed by atoms with Crippen LogP contribution >= 0.6 is 23.2 Å². The summed E-state index contributed by atoms with van der Waals surface area (Å²) < 4.78 is 0. The first-order valence-corrected chi connectivity index (χ1v) is 9.69. The van der Waals surface area contributed by atoms with Crippen molar-refractivity contribution in [2.24, 2.45) is 0 Å². The molecule has 0 aliphatic heterocycles. The molecule has 2 heteroatoms. The molecule has 134 valence electrons. The fraction of sp³-hybridized carbons (Fsp3) is 0.250. The second-order valence-electron chi connectivity index (χ2n) is 7.06. The van der Waals surface area contributed by atoms with E-state index in [1.165, 1.54) is 44.5 Å². The largest absolute Gasteiger partial charge is 0.0843 e. The molecule has 0 radical (unpaired) electrons. The third-order valence-electron chi connectivity index (χ3n) is 5.52. The maximum Gasteiger partial charge on any atom is 0.0406 e. The van der Waals surface area contributed by atoms with E-state index in [-0.39, 0.29) is 0 Å². The normalized spacial score (nSPS) is 11.0. The molecular formula is C24H24Cl2. The van der Waals surface area contributed by atoms with Crippen molar-refractivity contribution in [3.05, 3.63) is 103 Å². The van der Waals surface area contributed by atoms with Gasteiger partial charge < -0.3 is 0 Å². The molecule has 0 aliphatic rings. The van der Waals surface area contributed by atoms with Gasteiger partial charge in [-0.15, -0.1) is 0 Å². The van der Waals surface area contributed by atoms with E-state index in [1.54, 1.807) is 0 Å². The van der Waals surface area contributed by atoms with E-state index in [4.69, 9.17) is 23.2 Å². The van der Waals surface area contributed by atoms with Crippen LogP contribution in [0.1, 0.15) is 44.5 Å². The second-order valence-corrected chi connectivity index (χ2v) is 7.94. The highest BCUT2D eigenvalue weighted by Crippen LogP contribution is 2.30. The van der Waals surface area contributed by atoms with Gasteiger partial charge in [-0.1, -0.05) is 47.5 Å². The molecule has 0 N–H and O–H groups in total. The molecule has 3 aromatic carbocycles. The maximum atomic E-state index is 6.03. The lowest BCUT2D eigenvalue weighted by Gasteiger charge is -2.21. The van der Waals surface area contributed by atoms with Crippen molar-refractivity contribution in [3.63, 3.8) is 0 Å². The van der Waals surface area contributed by atoms with Gasteiger partial charge in [-0.2, -0.15) is 0 Å². The zero-order chi connectivity index (χ0) is 18.8. The van der Waals surface area contributed by atoms with E-state index in [2.05, 4.69) is 52.0 Å². The first-order valence-electron chi connectivity index (χ1n) is 8.93. The van der Waals surface area contributed by atoms with E-state index in [0.29, 0.717) is 0 Å². The van der Waals surface area contributed by atoms with Crippen molar-refractivity contribution >= 4 is 23.2 Å². The van der Waals surface area contributed by atoms with Crippen LogP contribution in [0.15, 0.2) is 48.5 Å². The zero-order valence-corrected chi connectivity index (χ0v) is 17.3. The third-order valence-corrected chi connectivity index (χ3v) is 6.03. The van der Waals surface area contributed by atoms with Gasteiger partial charge in [0, 0.05) is 10.0 Å². The molecular weight excluding hydrogens is 359 g/mol. The molecule has 26 heavy (non-hydrogen) atoms. The van der Waals surface area contributed by atoms with Crippen LogP contribution in [0.2, 0.25) is 10.0 Å². The van der Waals surface area contributed by atoms with Crippen molar-refractivity contribution in [2.45, 2.75) is 40.5 Å². The Morgan fingerprint density at radius 2 is 0.769 bits per heavy atom. The van der Waals surface area contributed by atoms with Crippen LogP contribution in [0.5, 0.6) is 0 Å². The van der Waals surface area contributed by atoms with Gasteiger partial charge in [0.15, 0.2) is 0 Å². The molecule has 0 bridgehead atoms. The Balaban J connectivity index is 1.98. The molecule has 3 rings (SSSR count). The van der Waals surface area contributed by atoms with Crippen LogP contribution in [-0.4, -0.2) is 0 Å². The molecule has 0 fully saturated rings. The summed E-state index contributed by atoms with van der Waals surface area (Å²) in [6, 6.07) is 16.3. The predicted octanol–water partition coefficient (Wildman–Crippen LogP) is 7.41. The van der Waals surface area contributed by atoms with E-state index in [9.17, 15) is 0 Å². The number of rotatable bonds is 4. The van der Waals surface area contributed by atoms with E-state index < -0.39 is 0 Å². The van der Waals surface area contributed by atoms with E-state index >= 15 is 0 Å². The zero-order valence-electron chi connectivity index (χ0n) is 15.8. The third kappa shape index (κ3) is 3.98. The van der Waals surface area contributed by atoms with Gasteiger partial charge in [0.25, 0.3) is 0 Å². The highest BCUT2D eigenvalue weighted by molar-refractivity contribution is 6.30. The fourth-order valence-electron chi connectivity index (χ4n) is 3.61. The summed E-state index contributed by atoms with van der Waals surface area (Å²) in [6.45, 7) is 8.99. The maximum absolute atomic E-state index is 6.03. The molecule has 0 heterocycles. The van der Waals surface area contributed by atoms with Crippen LogP contribution in [-0.2, 0) is 12.8 Å². The number of benzene rings is 3. The topological polar surface area (TPSA) is 0 Å². The summed E-state index contributed by atoms with van der Waals surface area (Å²) in [6.07, 6.45) is 1.88. The molecule has 0 amide bonds. The number of hydrogen-bond acceptors (Lipinski definition) is 0. The van der Waals surface area contributed by atoms with Gasteiger partial charge in [0.2, 0.25) is 0 Å². The Kier molecular flexibility index (Phi) is 5.75. The molecule has 0 aromatic heterocycles. The molecule has 0 spiro atoms. The van der Waals surface area contributed by atoms with Crippen LogP contribution in [0.4, 0.5) is 0 Å². The molecule has 0 aliphatic carbocycles. The Labute approximate surface area is 166 Å². The van der Waals surface area contributed by atoms with E-state index in [0.717, 1.165) is 22.9 Å². The quantitative estimate of drug-likeness (QED) is 0.440. The lowest BCUT2D eigenvalue weighted by molar-refractivity contribution is 1.03. The van der Waals surface area contributed by atoms with Crippen molar-refractivity contribution in [2.75, 3.05) is 0 Å². The Bertz CT molecular complexity index is 812. The van der Waals surface area contributed by atoms with Gasteiger partial charge in [-0.25, -0.2) is 0 Å². The van der Waals surface area contributed by atoms with Crippen molar-refractivity contribution in [1.82, 2.24) is 0 Å². The Morgan fingerprint density at radius 3 is 1.04 bits per heavy atom. The van der Waals surface area contributed by atoms with Crippen LogP contribution in [0, 0.1) is 27.7 Å². The molecule has 3 aromatic rings. The van der Waals surface area contributed by atoms with Crippen molar-refractivity contribution in [1.29, 1.82) is 0 Å². The fourth-order valence-corrected chi connectivity index (χ4v) is 3.86. The Morgan fingerprint density at radius 1 is 0.500 bits per heavy atom. The highest BCUT2D eigenvalue weighted by atomic mass is 35.5. The lowest BCUT2D eigenvalue weighted by atomic mass is 9.84. The minimum absolute atomic E-state index is 0.785.